The second-order valence-corrected chi connectivity index (χ2v) is 4.85. The second kappa shape index (κ2) is 5.88. The molecule has 0 fully saturated rings. The predicted molar refractivity (Wildman–Crippen MR) is 78.3 cm³/mol. The third-order valence-corrected chi connectivity index (χ3v) is 3.25. The van der Waals surface area contributed by atoms with Gasteiger partial charge < -0.3 is 10.5 Å². The maximum atomic E-state index is 13.8. The van der Waals surface area contributed by atoms with Crippen LogP contribution < -0.4 is 10.5 Å². The van der Waals surface area contributed by atoms with Gasteiger partial charge in [0.25, 0.3) is 5.69 Å². The van der Waals surface area contributed by atoms with E-state index in [1.54, 1.807) is 12.1 Å². The Morgan fingerprint density at radius 1 is 1.33 bits per heavy atom. The lowest BCUT2D eigenvalue weighted by atomic mass is 10.2. The Morgan fingerprint density at radius 2 is 2.05 bits per heavy atom. The molecule has 108 valence electrons. The SMILES string of the molecule is N=C(N)c1c(Br)cccc1Oc1ccc([N+](=O)[O-])cc1F. The number of amidine groups is 1. The molecule has 0 unspecified atom stereocenters. The first-order valence-corrected chi connectivity index (χ1v) is 6.44. The van der Waals surface area contributed by atoms with Gasteiger partial charge in [-0.05, 0) is 34.1 Å². The highest BCUT2D eigenvalue weighted by Gasteiger charge is 2.16. The number of nitrogens with zero attached hydrogens (tertiary/aromatic N) is 1. The summed E-state index contributed by atoms with van der Waals surface area (Å²) >= 11 is 3.23. The van der Waals surface area contributed by atoms with Crippen molar-refractivity contribution in [1.82, 2.24) is 0 Å². The molecule has 21 heavy (non-hydrogen) atoms. The summed E-state index contributed by atoms with van der Waals surface area (Å²) in [4.78, 5) is 9.86. The number of nitrogens with two attached hydrogens (primary N) is 1. The molecule has 0 amide bonds. The van der Waals surface area contributed by atoms with Gasteiger partial charge in [-0.1, -0.05) is 6.07 Å². The van der Waals surface area contributed by atoms with E-state index in [4.69, 9.17) is 15.9 Å². The number of nitro benzene ring substituents is 1. The van der Waals surface area contributed by atoms with Crippen molar-refractivity contribution in [3.05, 3.63) is 62.4 Å². The fourth-order valence-corrected chi connectivity index (χ4v) is 2.22. The highest BCUT2D eigenvalue weighted by atomic mass is 79.9. The van der Waals surface area contributed by atoms with Crippen molar-refractivity contribution in [2.75, 3.05) is 0 Å². The number of nitrogens with one attached hydrogen (secondary N) is 1. The zero-order valence-electron chi connectivity index (χ0n) is 10.5. The first kappa shape index (κ1) is 14.9. The third kappa shape index (κ3) is 3.16. The number of non-ortho nitro benzene ring substituents is 1. The number of hydrogen-bond donors (Lipinski definition) is 2. The minimum Gasteiger partial charge on any atom is -0.453 e. The molecule has 0 saturated carbocycles. The van der Waals surface area contributed by atoms with E-state index in [1.807, 2.05) is 0 Å². The van der Waals surface area contributed by atoms with Gasteiger partial charge in [0.15, 0.2) is 11.6 Å². The van der Waals surface area contributed by atoms with Gasteiger partial charge in [0.2, 0.25) is 0 Å². The molecule has 2 rings (SSSR count). The number of benzene rings is 2. The van der Waals surface area contributed by atoms with Crippen molar-refractivity contribution in [1.29, 1.82) is 5.41 Å². The first-order valence-electron chi connectivity index (χ1n) is 5.65. The van der Waals surface area contributed by atoms with Crippen molar-refractivity contribution in [2.45, 2.75) is 0 Å². The number of rotatable bonds is 4. The smallest absolute Gasteiger partial charge is 0.272 e. The van der Waals surface area contributed by atoms with Gasteiger partial charge in [-0.3, -0.25) is 15.5 Å². The van der Waals surface area contributed by atoms with E-state index in [1.165, 1.54) is 6.07 Å². The third-order valence-electron chi connectivity index (χ3n) is 2.59. The van der Waals surface area contributed by atoms with E-state index >= 15 is 0 Å². The molecule has 0 aliphatic rings. The van der Waals surface area contributed by atoms with Crippen LogP contribution in [0.25, 0.3) is 0 Å². The second-order valence-electron chi connectivity index (χ2n) is 4.00. The summed E-state index contributed by atoms with van der Waals surface area (Å²) < 4.78 is 19.7. The molecular weight excluding hydrogens is 345 g/mol. The number of halogens is 2. The fourth-order valence-electron chi connectivity index (χ4n) is 1.66. The molecule has 0 aromatic heterocycles. The van der Waals surface area contributed by atoms with E-state index in [0.29, 0.717) is 4.47 Å². The molecule has 0 atom stereocenters. The average Bonchev–Trinajstić information content (AvgIpc) is 2.40. The molecule has 0 saturated heterocycles. The molecule has 0 aliphatic carbocycles. The normalized spacial score (nSPS) is 10.2. The maximum absolute atomic E-state index is 13.8. The molecular formula is C13H9BrFN3O3. The Kier molecular flexibility index (Phi) is 4.18. The van der Waals surface area contributed by atoms with Crippen LogP contribution in [0.2, 0.25) is 0 Å². The number of ether oxygens (including phenoxy) is 1. The van der Waals surface area contributed by atoms with Gasteiger partial charge >= 0.3 is 0 Å². The van der Waals surface area contributed by atoms with Crippen molar-refractivity contribution in [2.24, 2.45) is 5.73 Å². The predicted octanol–water partition coefficient (Wildman–Crippen LogP) is 3.57. The standard InChI is InChI=1S/C13H9BrFN3O3/c14-8-2-1-3-11(12(8)13(16)17)21-10-5-4-7(18(19)20)6-9(10)15/h1-6H,(H3,16,17). The summed E-state index contributed by atoms with van der Waals surface area (Å²) in [5, 5.41) is 18.1. The van der Waals surface area contributed by atoms with Gasteiger partial charge in [0.05, 0.1) is 16.6 Å². The van der Waals surface area contributed by atoms with E-state index in [9.17, 15) is 14.5 Å². The molecule has 2 aromatic rings. The van der Waals surface area contributed by atoms with E-state index in [-0.39, 0.29) is 28.6 Å². The van der Waals surface area contributed by atoms with Crippen LogP contribution in [0.4, 0.5) is 10.1 Å². The lowest BCUT2D eigenvalue weighted by molar-refractivity contribution is -0.385. The highest BCUT2D eigenvalue weighted by molar-refractivity contribution is 9.10. The Labute approximate surface area is 127 Å². The van der Waals surface area contributed by atoms with Crippen LogP contribution in [0.5, 0.6) is 11.5 Å². The van der Waals surface area contributed by atoms with Crippen LogP contribution in [0.1, 0.15) is 5.56 Å². The lowest BCUT2D eigenvalue weighted by Gasteiger charge is -2.12. The molecule has 0 radical (unpaired) electrons. The van der Waals surface area contributed by atoms with Crippen LogP contribution in [0, 0.1) is 21.3 Å². The number of hydrogen-bond acceptors (Lipinski definition) is 4. The highest BCUT2D eigenvalue weighted by Crippen LogP contribution is 2.32. The Hall–Kier alpha value is -2.48. The monoisotopic (exact) mass is 353 g/mol. The minimum atomic E-state index is -0.876. The topological polar surface area (TPSA) is 102 Å². The summed E-state index contributed by atoms with van der Waals surface area (Å²) in [6.45, 7) is 0. The summed E-state index contributed by atoms with van der Waals surface area (Å²) in [5.41, 5.74) is 5.36. The molecule has 0 heterocycles. The van der Waals surface area contributed by atoms with Crippen LogP contribution in [-0.4, -0.2) is 10.8 Å². The molecule has 0 bridgehead atoms. The van der Waals surface area contributed by atoms with E-state index < -0.39 is 10.7 Å². The molecule has 0 spiro atoms. The number of nitrogen functional groups attached to an aromatic ring is 1. The van der Waals surface area contributed by atoms with Crippen LogP contribution in [-0.2, 0) is 0 Å². The molecule has 3 N–H and O–H groups in total. The molecule has 2 aromatic carbocycles. The minimum absolute atomic E-state index is 0.171. The van der Waals surface area contributed by atoms with Gasteiger partial charge in [0.1, 0.15) is 11.6 Å². The van der Waals surface area contributed by atoms with Crippen molar-refractivity contribution >= 4 is 27.5 Å². The summed E-state index contributed by atoms with van der Waals surface area (Å²) in [5.74, 6) is -1.15. The van der Waals surface area contributed by atoms with Gasteiger partial charge in [0, 0.05) is 10.5 Å². The molecule has 6 nitrogen and oxygen atoms in total. The fraction of sp³-hybridized carbons (Fsp3) is 0. The maximum Gasteiger partial charge on any atom is 0.272 e. The zero-order valence-corrected chi connectivity index (χ0v) is 12.1. The summed E-state index contributed by atoms with van der Waals surface area (Å²) in [6, 6.07) is 7.86. The zero-order chi connectivity index (χ0) is 15.6. The van der Waals surface area contributed by atoms with Gasteiger partial charge in [-0.25, -0.2) is 4.39 Å². The van der Waals surface area contributed by atoms with Crippen LogP contribution >= 0.6 is 15.9 Å². The van der Waals surface area contributed by atoms with Crippen LogP contribution in [0.3, 0.4) is 0 Å². The largest absolute Gasteiger partial charge is 0.453 e. The Balaban J connectivity index is 2.42. The van der Waals surface area contributed by atoms with E-state index in [0.717, 1.165) is 18.2 Å². The first-order chi connectivity index (χ1) is 9.90. The van der Waals surface area contributed by atoms with E-state index in [2.05, 4.69) is 15.9 Å². The molecule has 8 heteroatoms. The summed E-state index contributed by atoms with van der Waals surface area (Å²) in [7, 11) is 0. The lowest BCUT2D eigenvalue weighted by Crippen LogP contribution is -2.13. The van der Waals surface area contributed by atoms with Gasteiger partial charge in [-0.2, -0.15) is 0 Å². The van der Waals surface area contributed by atoms with Crippen molar-refractivity contribution < 1.29 is 14.1 Å². The Morgan fingerprint density at radius 3 is 2.62 bits per heavy atom. The quantitative estimate of drug-likeness (QED) is 0.379. The Bertz CT molecular complexity index is 737. The summed E-state index contributed by atoms with van der Waals surface area (Å²) in [6.07, 6.45) is 0. The van der Waals surface area contributed by atoms with Crippen molar-refractivity contribution in [3.8, 4) is 11.5 Å². The van der Waals surface area contributed by atoms with Crippen molar-refractivity contribution in [3.63, 3.8) is 0 Å². The number of nitro groups is 1. The average molecular weight is 354 g/mol. The van der Waals surface area contributed by atoms with Crippen LogP contribution in [0.15, 0.2) is 40.9 Å². The molecule has 0 aliphatic heterocycles. The van der Waals surface area contributed by atoms with Gasteiger partial charge in [-0.15, -0.1) is 0 Å².